The Kier molecular flexibility index (Phi) is 3.99. The van der Waals surface area contributed by atoms with E-state index in [0.29, 0.717) is 12.3 Å². The maximum atomic E-state index is 10.3. The van der Waals surface area contributed by atoms with Crippen LogP contribution in [0.4, 0.5) is 0 Å². The summed E-state index contributed by atoms with van der Waals surface area (Å²) < 4.78 is 29.0. The van der Waals surface area contributed by atoms with E-state index in [0.717, 1.165) is 0 Å². The highest BCUT2D eigenvalue weighted by Gasteiger charge is 2.13. The summed E-state index contributed by atoms with van der Waals surface area (Å²) in [4.78, 5) is 0. The molecule has 0 aromatic rings. The van der Waals surface area contributed by atoms with Crippen molar-refractivity contribution in [2.24, 2.45) is 11.7 Å². The second-order valence-corrected chi connectivity index (χ2v) is 4.64. The first-order valence-electron chi connectivity index (χ1n) is 3.52. The highest BCUT2D eigenvalue weighted by Crippen LogP contribution is 2.03. The molecule has 68 valence electrons. The van der Waals surface area contributed by atoms with E-state index >= 15 is 0 Å². The predicted molar refractivity (Wildman–Crippen MR) is 43.8 cm³/mol. The van der Waals surface area contributed by atoms with E-state index in [9.17, 15) is 8.42 Å². The zero-order chi connectivity index (χ0) is 9.07. The summed E-state index contributed by atoms with van der Waals surface area (Å²) in [5.74, 6) is 0.0114. The molecule has 5 heteroatoms. The van der Waals surface area contributed by atoms with Crippen LogP contribution < -0.4 is 5.73 Å². The lowest BCUT2D eigenvalue weighted by Gasteiger charge is -2.11. The Balaban J connectivity index is 3.80. The minimum Gasteiger partial charge on any atom is -0.327 e. The lowest BCUT2D eigenvalue weighted by molar-refractivity contribution is 0.461. The third-order valence-corrected chi connectivity index (χ3v) is 2.05. The normalized spacial score (nSPS) is 15.4. The van der Waals surface area contributed by atoms with Crippen LogP contribution in [0.2, 0.25) is 0 Å². The van der Waals surface area contributed by atoms with E-state index in [1.54, 1.807) is 0 Å². The van der Waals surface area contributed by atoms with Gasteiger partial charge in [-0.15, -0.1) is 0 Å². The first-order chi connectivity index (χ1) is 4.81. The molecule has 0 fully saturated rings. The molecule has 0 aliphatic rings. The quantitative estimate of drug-likeness (QED) is 0.609. The Morgan fingerprint density at radius 3 is 2.18 bits per heavy atom. The van der Waals surface area contributed by atoms with Crippen LogP contribution in [0.3, 0.4) is 0 Å². The van der Waals surface area contributed by atoms with Crippen molar-refractivity contribution >= 4 is 10.1 Å². The largest absolute Gasteiger partial charge is 0.327 e. The van der Waals surface area contributed by atoms with Crippen LogP contribution >= 0.6 is 0 Å². The molecule has 0 aliphatic heterocycles. The number of hydrogen-bond donors (Lipinski definition) is 2. The fraction of sp³-hybridized carbons (Fsp3) is 1.00. The lowest BCUT2D eigenvalue weighted by atomic mass is 10.1. The molecule has 0 unspecified atom stereocenters. The first kappa shape index (κ1) is 10.9. The summed E-state index contributed by atoms with van der Waals surface area (Å²) in [6.45, 7) is 3.90. The fourth-order valence-electron chi connectivity index (χ4n) is 0.944. The molecule has 0 amide bonds. The maximum absolute atomic E-state index is 10.3. The lowest BCUT2D eigenvalue weighted by Crippen LogP contribution is -2.30. The molecule has 4 nitrogen and oxygen atoms in total. The minimum atomic E-state index is -3.89. The van der Waals surface area contributed by atoms with Gasteiger partial charge in [0.25, 0.3) is 10.1 Å². The topological polar surface area (TPSA) is 80.4 Å². The molecule has 0 bridgehead atoms. The predicted octanol–water partition coefficient (Wildman–Crippen LogP) is 0.248. The molecular weight excluding hydrogens is 166 g/mol. The van der Waals surface area contributed by atoms with Gasteiger partial charge in [0.2, 0.25) is 0 Å². The standard InChI is InChI=1S/C6H15NO3S/c1-5(2)3-6(7)4-11(8,9)10/h5-6H,3-4,7H2,1-2H3,(H,8,9,10)/t6-/m0/s1. The van der Waals surface area contributed by atoms with Crippen LogP contribution in [0.5, 0.6) is 0 Å². The molecule has 0 aromatic carbocycles. The Morgan fingerprint density at radius 2 is 1.91 bits per heavy atom. The molecule has 0 spiro atoms. The summed E-state index contributed by atoms with van der Waals surface area (Å²) in [6, 6.07) is -0.454. The van der Waals surface area contributed by atoms with Crippen LogP contribution in [0, 0.1) is 5.92 Å². The molecule has 0 saturated heterocycles. The van der Waals surface area contributed by atoms with Crippen molar-refractivity contribution in [2.45, 2.75) is 26.3 Å². The summed E-state index contributed by atoms with van der Waals surface area (Å²) in [5, 5.41) is 0. The third kappa shape index (κ3) is 7.77. The Morgan fingerprint density at radius 1 is 1.45 bits per heavy atom. The molecule has 0 aromatic heterocycles. The van der Waals surface area contributed by atoms with Crippen molar-refractivity contribution in [1.29, 1.82) is 0 Å². The Labute approximate surface area is 67.5 Å². The molecular formula is C6H15NO3S. The van der Waals surface area contributed by atoms with Crippen LogP contribution in [0.1, 0.15) is 20.3 Å². The number of rotatable bonds is 4. The minimum absolute atomic E-state index is 0.342. The van der Waals surface area contributed by atoms with Crippen molar-refractivity contribution < 1.29 is 13.0 Å². The van der Waals surface area contributed by atoms with Crippen molar-refractivity contribution in [3.63, 3.8) is 0 Å². The van der Waals surface area contributed by atoms with E-state index in [4.69, 9.17) is 10.3 Å². The average molecular weight is 181 g/mol. The first-order valence-corrected chi connectivity index (χ1v) is 5.13. The van der Waals surface area contributed by atoms with Gasteiger partial charge in [-0.3, -0.25) is 4.55 Å². The third-order valence-electron chi connectivity index (χ3n) is 1.20. The van der Waals surface area contributed by atoms with Crippen LogP contribution in [0.15, 0.2) is 0 Å². The zero-order valence-corrected chi connectivity index (χ0v) is 7.63. The van der Waals surface area contributed by atoms with Gasteiger partial charge in [0.05, 0.1) is 5.75 Å². The number of nitrogens with two attached hydrogens (primary N) is 1. The van der Waals surface area contributed by atoms with Crippen molar-refractivity contribution in [3.8, 4) is 0 Å². The smallest absolute Gasteiger partial charge is 0.266 e. The molecule has 11 heavy (non-hydrogen) atoms. The van der Waals surface area contributed by atoms with E-state index in [2.05, 4.69) is 0 Å². The molecule has 0 radical (unpaired) electrons. The second kappa shape index (κ2) is 4.04. The van der Waals surface area contributed by atoms with Gasteiger partial charge >= 0.3 is 0 Å². The highest BCUT2D eigenvalue weighted by atomic mass is 32.2. The second-order valence-electron chi connectivity index (χ2n) is 3.14. The molecule has 0 rings (SSSR count). The van der Waals surface area contributed by atoms with Crippen molar-refractivity contribution in [3.05, 3.63) is 0 Å². The Bertz CT molecular complexity index is 198. The van der Waals surface area contributed by atoms with E-state index < -0.39 is 16.2 Å². The van der Waals surface area contributed by atoms with Gasteiger partial charge in [0.1, 0.15) is 0 Å². The summed E-state index contributed by atoms with van der Waals surface area (Å²) in [5.41, 5.74) is 5.42. The molecule has 0 saturated carbocycles. The van der Waals surface area contributed by atoms with E-state index in [1.807, 2.05) is 13.8 Å². The van der Waals surface area contributed by atoms with Gasteiger partial charge in [-0.1, -0.05) is 13.8 Å². The molecule has 0 aliphatic carbocycles. The van der Waals surface area contributed by atoms with Crippen molar-refractivity contribution in [2.75, 3.05) is 5.75 Å². The van der Waals surface area contributed by atoms with Gasteiger partial charge in [0.15, 0.2) is 0 Å². The maximum Gasteiger partial charge on any atom is 0.266 e. The van der Waals surface area contributed by atoms with Gasteiger partial charge < -0.3 is 5.73 Å². The van der Waals surface area contributed by atoms with Gasteiger partial charge in [0, 0.05) is 6.04 Å². The summed E-state index contributed by atoms with van der Waals surface area (Å²) in [6.07, 6.45) is 0.611. The van der Waals surface area contributed by atoms with Crippen LogP contribution in [-0.4, -0.2) is 24.8 Å². The zero-order valence-electron chi connectivity index (χ0n) is 6.82. The monoisotopic (exact) mass is 181 g/mol. The summed E-state index contributed by atoms with van der Waals surface area (Å²) in [7, 11) is -3.89. The SMILES string of the molecule is CC(C)C[C@H](N)CS(=O)(=O)O. The van der Waals surface area contributed by atoms with Gasteiger partial charge in [-0.2, -0.15) is 8.42 Å². The molecule has 3 N–H and O–H groups in total. The fourth-order valence-corrected chi connectivity index (χ4v) is 1.62. The summed E-state index contributed by atoms with van der Waals surface area (Å²) >= 11 is 0. The van der Waals surface area contributed by atoms with Gasteiger partial charge in [-0.25, -0.2) is 0 Å². The number of hydrogen-bond acceptors (Lipinski definition) is 3. The van der Waals surface area contributed by atoms with Crippen LogP contribution in [-0.2, 0) is 10.1 Å². The van der Waals surface area contributed by atoms with Gasteiger partial charge in [-0.05, 0) is 12.3 Å². The van der Waals surface area contributed by atoms with E-state index in [-0.39, 0.29) is 5.75 Å². The average Bonchev–Trinajstić information content (AvgIpc) is 1.53. The highest BCUT2D eigenvalue weighted by molar-refractivity contribution is 7.85. The van der Waals surface area contributed by atoms with E-state index in [1.165, 1.54) is 0 Å². The molecule has 1 atom stereocenters. The van der Waals surface area contributed by atoms with Crippen LogP contribution in [0.25, 0.3) is 0 Å². The molecule has 0 heterocycles. The Hall–Kier alpha value is -0.130. The van der Waals surface area contributed by atoms with Crippen molar-refractivity contribution in [1.82, 2.24) is 0 Å².